The lowest BCUT2D eigenvalue weighted by Crippen LogP contribution is -2.37. The summed E-state index contributed by atoms with van der Waals surface area (Å²) in [4.78, 5) is 11.7. The zero-order valence-electron chi connectivity index (χ0n) is 8.32. The number of hydrogen-bond donors (Lipinski definition) is 0. The maximum atomic E-state index is 11.7. The van der Waals surface area contributed by atoms with E-state index in [-0.39, 0.29) is 10.2 Å². The molecule has 0 aromatic heterocycles. The van der Waals surface area contributed by atoms with Crippen LogP contribution < -0.4 is 0 Å². The zero-order chi connectivity index (χ0) is 9.28. The van der Waals surface area contributed by atoms with Gasteiger partial charge < -0.3 is 0 Å². The average molecular weight is 174 g/mol. The Bertz CT molecular complexity index is 153. The van der Waals surface area contributed by atoms with E-state index in [1.807, 2.05) is 40.9 Å². The van der Waals surface area contributed by atoms with Crippen LogP contribution in [0.5, 0.6) is 0 Å². The van der Waals surface area contributed by atoms with Gasteiger partial charge in [0.05, 0.1) is 4.75 Å². The summed E-state index contributed by atoms with van der Waals surface area (Å²) in [5.41, 5.74) is -0.216. The van der Waals surface area contributed by atoms with Gasteiger partial charge >= 0.3 is 0 Å². The molecular weight excluding hydrogens is 156 g/mol. The van der Waals surface area contributed by atoms with E-state index in [0.717, 1.165) is 0 Å². The van der Waals surface area contributed by atoms with E-state index >= 15 is 0 Å². The van der Waals surface area contributed by atoms with Crippen LogP contribution in [0.25, 0.3) is 0 Å². The van der Waals surface area contributed by atoms with Crippen molar-refractivity contribution in [3.8, 4) is 0 Å². The van der Waals surface area contributed by atoms with Crippen LogP contribution in [0.2, 0.25) is 0 Å². The molecule has 0 aliphatic carbocycles. The molecule has 0 unspecified atom stereocenters. The van der Waals surface area contributed by atoms with Crippen LogP contribution in [-0.2, 0) is 4.79 Å². The molecule has 0 heterocycles. The molecule has 0 atom stereocenters. The summed E-state index contributed by atoms with van der Waals surface area (Å²) in [6, 6.07) is 0. The van der Waals surface area contributed by atoms with E-state index in [1.165, 1.54) is 0 Å². The van der Waals surface area contributed by atoms with Crippen molar-refractivity contribution in [2.24, 2.45) is 5.41 Å². The topological polar surface area (TPSA) is 17.1 Å². The largest absolute Gasteiger partial charge is 0.298 e. The predicted octanol–water partition coefficient (Wildman–Crippen LogP) is 2.74. The minimum atomic E-state index is -0.238. The summed E-state index contributed by atoms with van der Waals surface area (Å²) < 4.78 is -0.238. The maximum absolute atomic E-state index is 11.7. The quantitative estimate of drug-likeness (QED) is 0.640. The Balaban J connectivity index is 4.50. The zero-order valence-corrected chi connectivity index (χ0v) is 9.13. The normalized spacial score (nSPS) is 13.3. The van der Waals surface area contributed by atoms with Gasteiger partial charge in [0, 0.05) is 5.41 Å². The summed E-state index contributed by atoms with van der Waals surface area (Å²) >= 11 is 1.61. The molecule has 0 amide bonds. The van der Waals surface area contributed by atoms with Crippen LogP contribution in [0.15, 0.2) is 0 Å². The number of hydrogen-bond acceptors (Lipinski definition) is 2. The molecule has 0 spiro atoms. The van der Waals surface area contributed by atoms with Crippen molar-refractivity contribution in [2.75, 3.05) is 6.26 Å². The summed E-state index contributed by atoms with van der Waals surface area (Å²) in [7, 11) is 0. The van der Waals surface area contributed by atoms with Crippen molar-refractivity contribution in [3.05, 3.63) is 0 Å². The molecule has 2 heteroatoms. The standard InChI is InChI=1S/C9H18OS/c1-8(2,3)7(10)9(4,5)11-6/h1-6H3. The van der Waals surface area contributed by atoms with Gasteiger partial charge in [-0.25, -0.2) is 0 Å². The maximum Gasteiger partial charge on any atom is 0.153 e. The first-order valence-corrected chi connectivity index (χ1v) is 5.04. The van der Waals surface area contributed by atoms with Crippen molar-refractivity contribution in [3.63, 3.8) is 0 Å². The summed E-state index contributed by atoms with van der Waals surface area (Å²) in [6.07, 6.45) is 1.98. The molecule has 0 aromatic rings. The molecule has 66 valence electrons. The Kier molecular flexibility index (Phi) is 3.18. The highest BCUT2D eigenvalue weighted by atomic mass is 32.2. The third-order valence-corrected chi connectivity index (χ3v) is 2.94. The third kappa shape index (κ3) is 2.86. The molecule has 0 saturated heterocycles. The molecule has 0 saturated carbocycles. The van der Waals surface area contributed by atoms with Crippen LogP contribution in [0.4, 0.5) is 0 Å². The molecule has 0 bridgehead atoms. The first-order valence-electron chi connectivity index (χ1n) is 3.82. The highest BCUT2D eigenvalue weighted by Gasteiger charge is 2.34. The summed E-state index contributed by atoms with van der Waals surface area (Å²) in [5.74, 6) is 0.317. The van der Waals surface area contributed by atoms with Crippen LogP contribution in [0.3, 0.4) is 0 Å². The fraction of sp³-hybridized carbons (Fsp3) is 0.889. The van der Waals surface area contributed by atoms with E-state index in [2.05, 4.69) is 0 Å². The molecule has 0 rings (SSSR count). The highest BCUT2D eigenvalue weighted by Crippen LogP contribution is 2.31. The van der Waals surface area contributed by atoms with Gasteiger partial charge in [-0.2, -0.15) is 11.8 Å². The first-order chi connectivity index (χ1) is 4.72. The van der Waals surface area contributed by atoms with Gasteiger partial charge in [0.2, 0.25) is 0 Å². The monoisotopic (exact) mass is 174 g/mol. The minimum absolute atomic E-state index is 0.216. The molecule has 11 heavy (non-hydrogen) atoms. The van der Waals surface area contributed by atoms with Gasteiger partial charge in [0.15, 0.2) is 5.78 Å². The van der Waals surface area contributed by atoms with Gasteiger partial charge in [0.25, 0.3) is 0 Å². The number of thioether (sulfide) groups is 1. The lowest BCUT2D eigenvalue weighted by atomic mass is 9.84. The van der Waals surface area contributed by atoms with Crippen LogP contribution in [0, 0.1) is 5.41 Å². The van der Waals surface area contributed by atoms with Crippen molar-refractivity contribution in [1.82, 2.24) is 0 Å². The van der Waals surface area contributed by atoms with E-state index in [1.54, 1.807) is 11.8 Å². The second-order valence-electron chi connectivity index (χ2n) is 4.29. The van der Waals surface area contributed by atoms with Gasteiger partial charge in [-0.05, 0) is 20.1 Å². The number of carbonyl (C=O) groups excluding carboxylic acids is 1. The number of rotatable bonds is 2. The lowest BCUT2D eigenvalue weighted by Gasteiger charge is -2.28. The molecule has 0 radical (unpaired) electrons. The van der Waals surface area contributed by atoms with E-state index in [9.17, 15) is 4.79 Å². The smallest absolute Gasteiger partial charge is 0.153 e. The van der Waals surface area contributed by atoms with E-state index < -0.39 is 0 Å². The molecular formula is C9H18OS. The molecule has 0 N–H and O–H groups in total. The van der Waals surface area contributed by atoms with E-state index in [0.29, 0.717) is 5.78 Å². The van der Waals surface area contributed by atoms with Gasteiger partial charge in [0.1, 0.15) is 0 Å². The number of carbonyl (C=O) groups is 1. The second kappa shape index (κ2) is 3.18. The van der Waals surface area contributed by atoms with Gasteiger partial charge in [-0.1, -0.05) is 20.8 Å². The Labute approximate surface area is 73.9 Å². The number of Topliss-reactive ketones (excluding diaryl/α,β-unsaturated/α-hetero) is 1. The molecule has 0 aliphatic heterocycles. The highest BCUT2D eigenvalue weighted by molar-refractivity contribution is 8.00. The van der Waals surface area contributed by atoms with Crippen molar-refractivity contribution >= 4 is 17.5 Å². The third-order valence-electron chi connectivity index (χ3n) is 1.74. The number of ketones is 1. The molecule has 1 nitrogen and oxygen atoms in total. The molecule has 0 fully saturated rings. The van der Waals surface area contributed by atoms with Crippen LogP contribution >= 0.6 is 11.8 Å². The van der Waals surface area contributed by atoms with Crippen molar-refractivity contribution in [2.45, 2.75) is 39.4 Å². The summed E-state index contributed by atoms with van der Waals surface area (Å²) in [5, 5.41) is 0. The SMILES string of the molecule is CSC(C)(C)C(=O)C(C)(C)C. The fourth-order valence-corrected chi connectivity index (χ4v) is 1.49. The Morgan fingerprint density at radius 2 is 1.45 bits per heavy atom. The van der Waals surface area contributed by atoms with Crippen LogP contribution in [0.1, 0.15) is 34.6 Å². The van der Waals surface area contributed by atoms with Crippen molar-refractivity contribution in [1.29, 1.82) is 0 Å². The lowest BCUT2D eigenvalue weighted by molar-refractivity contribution is -0.127. The molecule has 0 aliphatic rings. The minimum Gasteiger partial charge on any atom is -0.298 e. The van der Waals surface area contributed by atoms with Gasteiger partial charge in [-0.15, -0.1) is 0 Å². The Morgan fingerprint density at radius 1 is 1.09 bits per heavy atom. The van der Waals surface area contributed by atoms with Crippen molar-refractivity contribution < 1.29 is 4.79 Å². The van der Waals surface area contributed by atoms with Gasteiger partial charge in [-0.3, -0.25) is 4.79 Å². The van der Waals surface area contributed by atoms with E-state index in [4.69, 9.17) is 0 Å². The Morgan fingerprint density at radius 3 is 1.55 bits per heavy atom. The second-order valence-corrected chi connectivity index (χ2v) is 5.72. The predicted molar refractivity (Wildman–Crippen MR) is 52.1 cm³/mol. The van der Waals surface area contributed by atoms with Crippen LogP contribution in [-0.4, -0.2) is 16.8 Å². The average Bonchev–Trinajstić information content (AvgIpc) is 1.84. The molecule has 0 aromatic carbocycles. The fourth-order valence-electron chi connectivity index (χ4n) is 0.996. The first kappa shape index (κ1) is 11.0. The Hall–Kier alpha value is 0.0200. The summed E-state index contributed by atoms with van der Waals surface area (Å²) in [6.45, 7) is 9.85.